The summed E-state index contributed by atoms with van der Waals surface area (Å²) in [7, 11) is 1.43. The third-order valence-corrected chi connectivity index (χ3v) is 7.02. The Labute approximate surface area is 153 Å². The fourth-order valence-corrected chi connectivity index (χ4v) is 5.80. The van der Waals surface area contributed by atoms with Crippen LogP contribution in [0.4, 0.5) is 0 Å². The van der Waals surface area contributed by atoms with Crippen LogP contribution in [0.25, 0.3) is 10.9 Å². The van der Waals surface area contributed by atoms with E-state index in [9.17, 15) is 9.90 Å². The number of benzene rings is 1. The second-order valence-electron chi connectivity index (χ2n) is 8.18. The van der Waals surface area contributed by atoms with Gasteiger partial charge in [-0.3, -0.25) is 9.69 Å². The van der Waals surface area contributed by atoms with Gasteiger partial charge in [0.25, 0.3) is 0 Å². The number of carbonyl (C=O) groups is 1. The molecule has 1 aliphatic carbocycles. The van der Waals surface area contributed by atoms with Gasteiger partial charge in [-0.15, -0.1) is 0 Å². The summed E-state index contributed by atoms with van der Waals surface area (Å²) >= 11 is 0. The van der Waals surface area contributed by atoms with Crippen LogP contribution in [-0.2, 0) is 16.0 Å². The highest BCUT2D eigenvalue weighted by atomic mass is 16.5. The predicted molar refractivity (Wildman–Crippen MR) is 98.7 cm³/mol. The molecule has 3 aliphatic rings. The molecule has 2 aliphatic heterocycles. The minimum atomic E-state index is -0.568. The van der Waals surface area contributed by atoms with Crippen molar-refractivity contribution < 1.29 is 14.6 Å². The molecule has 3 heterocycles. The molecule has 1 saturated heterocycles. The number of aromatic nitrogens is 1. The highest BCUT2D eigenvalue weighted by Crippen LogP contribution is 2.49. The molecular formula is C21H26N2O3. The molecule has 2 N–H and O–H groups in total. The number of fused-ring (bicyclic) bond motifs is 6. The van der Waals surface area contributed by atoms with E-state index < -0.39 is 6.10 Å². The summed E-state index contributed by atoms with van der Waals surface area (Å²) < 4.78 is 5.04. The highest BCUT2D eigenvalue weighted by Gasteiger charge is 2.49. The maximum Gasteiger partial charge on any atom is 0.311 e. The lowest BCUT2D eigenvalue weighted by Crippen LogP contribution is -2.53. The minimum Gasteiger partial charge on any atom is -0.469 e. The van der Waals surface area contributed by atoms with Crippen molar-refractivity contribution >= 4 is 16.9 Å². The number of esters is 1. The zero-order valence-electron chi connectivity index (χ0n) is 15.1. The second-order valence-corrected chi connectivity index (χ2v) is 8.18. The Hall–Kier alpha value is -1.85. The Morgan fingerprint density at radius 3 is 3.00 bits per heavy atom. The molecule has 1 aromatic heterocycles. The van der Waals surface area contributed by atoms with Gasteiger partial charge in [-0.05, 0) is 49.1 Å². The Morgan fingerprint density at radius 1 is 1.31 bits per heavy atom. The topological polar surface area (TPSA) is 65.6 Å². The first kappa shape index (κ1) is 16.3. The quantitative estimate of drug-likeness (QED) is 0.773. The number of nitrogens with zero attached hydrogens (tertiary/aromatic N) is 1. The number of para-hydroxylation sites is 1. The van der Waals surface area contributed by atoms with Crippen LogP contribution in [0, 0.1) is 17.8 Å². The summed E-state index contributed by atoms with van der Waals surface area (Å²) in [6.45, 7) is 2.10. The number of aromatic amines is 1. The lowest BCUT2D eigenvalue weighted by Gasteiger charge is -2.50. The van der Waals surface area contributed by atoms with Crippen LogP contribution >= 0.6 is 0 Å². The number of ether oxygens (including phenoxy) is 1. The van der Waals surface area contributed by atoms with Crippen LogP contribution in [0.3, 0.4) is 0 Å². The van der Waals surface area contributed by atoms with Gasteiger partial charge >= 0.3 is 5.97 Å². The maximum absolute atomic E-state index is 12.4. The SMILES string of the molecule is COC(=O)[C@H]1C(O)CC[C@H]2CN3CCc4c([nH]c5ccccc45)[C@@H]3C[C@@H]21. The number of aliphatic hydroxyl groups excluding tert-OH is 1. The molecule has 138 valence electrons. The summed E-state index contributed by atoms with van der Waals surface area (Å²) in [6, 6.07) is 8.83. The smallest absolute Gasteiger partial charge is 0.311 e. The molecule has 5 atom stereocenters. The van der Waals surface area contributed by atoms with E-state index in [0.717, 1.165) is 32.4 Å². The Bertz CT molecular complexity index is 845. The van der Waals surface area contributed by atoms with Gasteiger partial charge in [0, 0.05) is 29.7 Å². The Kier molecular flexibility index (Phi) is 3.83. The van der Waals surface area contributed by atoms with Crippen molar-refractivity contribution in [1.82, 2.24) is 9.88 Å². The monoisotopic (exact) mass is 354 g/mol. The molecule has 2 fully saturated rings. The average Bonchev–Trinajstić information content (AvgIpc) is 3.05. The van der Waals surface area contributed by atoms with Gasteiger partial charge in [0.1, 0.15) is 0 Å². The summed E-state index contributed by atoms with van der Waals surface area (Å²) in [4.78, 5) is 18.6. The first-order valence-electron chi connectivity index (χ1n) is 9.76. The molecule has 0 amide bonds. The highest BCUT2D eigenvalue weighted by molar-refractivity contribution is 5.85. The molecule has 0 bridgehead atoms. The van der Waals surface area contributed by atoms with E-state index in [4.69, 9.17) is 4.74 Å². The van der Waals surface area contributed by atoms with Crippen molar-refractivity contribution in [3.05, 3.63) is 35.5 Å². The molecule has 5 rings (SSSR count). The van der Waals surface area contributed by atoms with Crippen LogP contribution in [0.2, 0.25) is 0 Å². The normalized spacial score (nSPS) is 34.0. The molecule has 1 saturated carbocycles. The summed E-state index contributed by atoms with van der Waals surface area (Å²) in [6.07, 6.45) is 3.14. The number of hydrogen-bond acceptors (Lipinski definition) is 4. The number of H-pyrrole nitrogens is 1. The molecule has 0 radical (unpaired) electrons. The molecule has 5 nitrogen and oxygen atoms in total. The zero-order chi connectivity index (χ0) is 17.8. The van der Waals surface area contributed by atoms with Gasteiger partial charge in [0.05, 0.1) is 25.2 Å². The van der Waals surface area contributed by atoms with E-state index in [1.165, 1.54) is 29.3 Å². The number of methoxy groups -OCH3 is 1. The van der Waals surface area contributed by atoms with Gasteiger partial charge in [0.2, 0.25) is 0 Å². The van der Waals surface area contributed by atoms with Crippen molar-refractivity contribution in [2.24, 2.45) is 17.8 Å². The summed E-state index contributed by atoms with van der Waals surface area (Å²) in [5.41, 5.74) is 3.96. The minimum absolute atomic E-state index is 0.199. The molecule has 1 aromatic carbocycles. The van der Waals surface area contributed by atoms with E-state index >= 15 is 0 Å². The van der Waals surface area contributed by atoms with Crippen LogP contribution in [0.1, 0.15) is 36.6 Å². The largest absolute Gasteiger partial charge is 0.469 e. The summed E-state index contributed by atoms with van der Waals surface area (Å²) in [5, 5.41) is 11.8. The number of hydrogen-bond donors (Lipinski definition) is 2. The Balaban J connectivity index is 1.52. The second kappa shape index (κ2) is 6.10. The van der Waals surface area contributed by atoms with E-state index in [0.29, 0.717) is 18.4 Å². The van der Waals surface area contributed by atoms with Gasteiger partial charge < -0.3 is 14.8 Å². The van der Waals surface area contributed by atoms with Crippen LogP contribution in [-0.4, -0.2) is 47.3 Å². The van der Waals surface area contributed by atoms with Crippen molar-refractivity contribution in [2.75, 3.05) is 20.2 Å². The van der Waals surface area contributed by atoms with E-state index in [1.807, 2.05) is 0 Å². The standard InChI is InChI=1S/C21H26N2O3/c1-26-21(25)19-15-10-17-20-14(13-4-2-3-5-16(13)22-20)8-9-23(17)11-12(15)6-7-18(19)24/h2-5,12,15,17-19,22,24H,6-11H2,1H3/t12-,15-,17-,18?,19+/m0/s1. The number of piperidine rings is 1. The van der Waals surface area contributed by atoms with E-state index in [2.05, 4.69) is 34.1 Å². The van der Waals surface area contributed by atoms with Crippen molar-refractivity contribution in [2.45, 2.75) is 37.8 Å². The number of aliphatic hydroxyl groups is 1. The molecule has 26 heavy (non-hydrogen) atoms. The van der Waals surface area contributed by atoms with Crippen LogP contribution < -0.4 is 0 Å². The van der Waals surface area contributed by atoms with Gasteiger partial charge in [-0.2, -0.15) is 0 Å². The van der Waals surface area contributed by atoms with Crippen molar-refractivity contribution in [3.63, 3.8) is 0 Å². The van der Waals surface area contributed by atoms with Crippen LogP contribution in [0.15, 0.2) is 24.3 Å². The first-order chi connectivity index (χ1) is 12.7. The lowest BCUT2D eigenvalue weighted by atomic mass is 9.65. The summed E-state index contributed by atoms with van der Waals surface area (Å²) in [5.74, 6) is 0.0541. The fraction of sp³-hybridized carbons (Fsp3) is 0.571. The van der Waals surface area contributed by atoms with E-state index in [-0.39, 0.29) is 17.8 Å². The first-order valence-corrected chi connectivity index (χ1v) is 9.76. The van der Waals surface area contributed by atoms with Gasteiger partial charge in [-0.25, -0.2) is 0 Å². The lowest BCUT2D eigenvalue weighted by molar-refractivity contribution is -0.160. The fourth-order valence-electron chi connectivity index (χ4n) is 5.80. The van der Waals surface area contributed by atoms with Gasteiger partial charge in [-0.1, -0.05) is 18.2 Å². The van der Waals surface area contributed by atoms with Gasteiger partial charge in [0.15, 0.2) is 0 Å². The van der Waals surface area contributed by atoms with Crippen LogP contribution in [0.5, 0.6) is 0 Å². The molecular weight excluding hydrogens is 328 g/mol. The molecule has 2 aromatic rings. The number of carbonyl (C=O) groups excluding carboxylic acids is 1. The molecule has 5 heteroatoms. The molecule has 0 spiro atoms. The molecule has 1 unspecified atom stereocenters. The zero-order valence-corrected chi connectivity index (χ0v) is 15.1. The van der Waals surface area contributed by atoms with Crippen molar-refractivity contribution in [1.29, 1.82) is 0 Å². The maximum atomic E-state index is 12.4. The van der Waals surface area contributed by atoms with E-state index in [1.54, 1.807) is 0 Å². The average molecular weight is 354 g/mol. The third kappa shape index (κ3) is 2.33. The van der Waals surface area contributed by atoms with Crippen molar-refractivity contribution in [3.8, 4) is 0 Å². The number of rotatable bonds is 1. The third-order valence-electron chi connectivity index (χ3n) is 7.02. The predicted octanol–water partition coefficient (Wildman–Crippen LogP) is 2.65. The number of nitrogens with one attached hydrogen (secondary N) is 1. The Morgan fingerprint density at radius 2 is 2.15 bits per heavy atom.